The molecule has 0 spiro atoms. The zero-order chi connectivity index (χ0) is 12.2. The molecule has 0 aliphatic rings. The highest BCUT2D eigenvalue weighted by molar-refractivity contribution is 6.41. The topological polar surface area (TPSA) is 21.7 Å². The fraction of sp³-hybridized carbons (Fsp3) is 1.00. The normalized spacial score (nSPS) is 11.6. The van der Waals surface area contributed by atoms with Gasteiger partial charge in [-0.1, -0.05) is 26.7 Å². The second-order valence-corrected chi connectivity index (χ2v) is 5.97. The molecule has 0 saturated carbocycles. The Kier molecular flexibility index (Phi) is 11.6. The molecule has 0 N–H and O–H groups in total. The van der Waals surface area contributed by atoms with Gasteiger partial charge in [0.1, 0.15) is 0 Å². The van der Waals surface area contributed by atoms with Crippen LogP contribution in [0.5, 0.6) is 0 Å². The van der Waals surface area contributed by atoms with E-state index in [1.165, 1.54) is 25.7 Å². The van der Waals surface area contributed by atoms with Crippen LogP contribution >= 0.6 is 0 Å². The van der Waals surface area contributed by atoms with Crippen molar-refractivity contribution in [3.05, 3.63) is 0 Å². The van der Waals surface area contributed by atoms with Crippen molar-refractivity contribution in [2.24, 2.45) is 0 Å². The van der Waals surface area contributed by atoms with E-state index in [9.17, 15) is 0 Å². The number of nitrogens with zero attached hydrogens (tertiary/aromatic N) is 1. The standard InChI is InChI=1S/C12H29NO2Si/c1-5-9-11-13(12-10-6-2)16(14-7-3)15-8-4/h16H,5-12H2,1-4H3. The Morgan fingerprint density at radius 2 is 1.25 bits per heavy atom. The summed E-state index contributed by atoms with van der Waals surface area (Å²) in [6.45, 7) is 12.4. The lowest BCUT2D eigenvalue weighted by Crippen LogP contribution is -2.45. The molecule has 0 aliphatic heterocycles. The molecule has 0 rings (SSSR count). The minimum absolute atomic E-state index is 0.769. The summed E-state index contributed by atoms with van der Waals surface area (Å²) >= 11 is 0. The molecule has 0 aliphatic carbocycles. The van der Waals surface area contributed by atoms with Gasteiger partial charge in [0.05, 0.1) is 0 Å². The third-order valence-electron chi connectivity index (χ3n) is 2.51. The Hall–Kier alpha value is 0.0969. The van der Waals surface area contributed by atoms with Gasteiger partial charge in [-0.25, -0.2) is 0 Å². The highest BCUT2D eigenvalue weighted by Gasteiger charge is 2.21. The van der Waals surface area contributed by atoms with E-state index in [4.69, 9.17) is 8.85 Å². The Morgan fingerprint density at radius 3 is 1.56 bits per heavy atom. The molecule has 4 heteroatoms. The molecule has 3 nitrogen and oxygen atoms in total. The van der Waals surface area contributed by atoms with Gasteiger partial charge in [0.15, 0.2) is 0 Å². The predicted octanol–water partition coefficient (Wildman–Crippen LogP) is 2.68. The summed E-state index contributed by atoms with van der Waals surface area (Å²) in [6, 6.07) is 0. The van der Waals surface area contributed by atoms with Crippen LogP contribution in [0.15, 0.2) is 0 Å². The van der Waals surface area contributed by atoms with Crippen molar-refractivity contribution in [2.75, 3.05) is 26.3 Å². The van der Waals surface area contributed by atoms with E-state index in [1.807, 2.05) is 0 Å². The molecule has 0 atom stereocenters. The van der Waals surface area contributed by atoms with E-state index in [2.05, 4.69) is 32.3 Å². The zero-order valence-corrected chi connectivity index (χ0v) is 12.7. The van der Waals surface area contributed by atoms with Crippen LogP contribution in [-0.4, -0.2) is 40.3 Å². The van der Waals surface area contributed by atoms with E-state index < -0.39 is 9.45 Å². The fourth-order valence-corrected chi connectivity index (χ4v) is 3.46. The number of rotatable bonds is 11. The lowest BCUT2D eigenvalue weighted by atomic mass is 10.3. The van der Waals surface area contributed by atoms with Crippen LogP contribution in [0.25, 0.3) is 0 Å². The van der Waals surface area contributed by atoms with Crippen molar-refractivity contribution in [1.29, 1.82) is 0 Å². The Labute approximate surface area is 103 Å². The van der Waals surface area contributed by atoms with Crippen molar-refractivity contribution >= 4 is 9.45 Å². The number of hydrogen-bond donors (Lipinski definition) is 0. The summed E-state index contributed by atoms with van der Waals surface area (Å²) in [5.41, 5.74) is 0. The monoisotopic (exact) mass is 247 g/mol. The summed E-state index contributed by atoms with van der Waals surface area (Å²) in [6.07, 6.45) is 4.96. The molecule has 0 radical (unpaired) electrons. The van der Waals surface area contributed by atoms with E-state index in [-0.39, 0.29) is 0 Å². The van der Waals surface area contributed by atoms with Crippen LogP contribution in [0.2, 0.25) is 0 Å². The van der Waals surface area contributed by atoms with Crippen molar-refractivity contribution in [1.82, 2.24) is 4.57 Å². The van der Waals surface area contributed by atoms with Crippen LogP contribution in [0.1, 0.15) is 53.4 Å². The minimum atomic E-state index is -1.58. The first kappa shape index (κ1) is 16.1. The summed E-state index contributed by atoms with van der Waals surface area (Å²) in [5, 5.41) is 0. The van der Waals surface area contributed by atoms with E-state index in [0.717, 1.165) is 26.3 Å². The average molecular weight is 247 g/mol. The second-order valence-electron chi connectivity index (χ2n) is 3.96. The van der Waals surface area contributed by atoms with Crippen molar-refractivity contribution < 1.29 is 8.85 Å². The summed E-state index contributed by atoms with van der Waals surface area (Å²) in [5.74, 6) is 0. The number of unbranched alkanes of at least 4 members (excludes halogenated alkanes) is 2. The second kappa shape index (κ2) is 11.6. The first-order chi connectivity index (χ1) is 7.79. The molecule has 0 heterocycles. The lowest BCUT2D eigenvalue weighted by Gasteiger charge is -2.28. The SMILES string of the molecule is CCCCN(CCCC)[SiH](OCC)OCC. The molecule has 0 saturated heterocycles. The van der Waals surface area contributed by atoms with Gasteiger partial charge in [0.25, 0.3) is 0 Å². The zero-order valence-electron chi connectivity index (χ0n) is 11.5. The molecular weight excluding hydrogens is 218 g/mol. The molecular formula is C12H29NO2Si. The van der Waals surface area contributed by atoms with Gasteiger partial charge in [0.2, 0.25) is 0 Å². The van der Waals surface area contributed by atoms with Gasteiger partial charge in [0, 0.05) is 13.2 Å². The third kappa shape index (κ3) is 7.38. The molecule has 0 fully saturated rings. The highest BCUT2D eigenvalue weighted by atomic mass is 28.3. The molecule has 0 aromatic rings. The van der Waals surface area contributed by atoms with Gasteiger partial charge in [-0.2, -0.15) is 0 Å². The quantitative estimate of drug-likeness (QED) is 0.524. The maximum atomic E-state index is 5.78. The fourth-order valence-electron chi connectivity index (χ4n) is 1.59. The molecule has 16 heavy (non-hydrogen) atoms. The van der Waals surface area contributed by atoms with Crippen LogP contribution in [0.3, 0.4) is 0 Å². The molecule has 98 valence electrons. The molecule has 0 bridgehead atoms. The lowest BCUT2D eigenvalue weighted by molar-refractivity contribution is 0.152. The van der Waals surface area contributed by atoms with Crippen LogP contribution in [-0.2, 0) is 8.85 Å². The Morgan fingerprint density at radius 1 is 0.812 bits per heavy atom. The maximum Gasteiger partial charge on any atom is 0.411 e. The van der Waals surface area contributed by atoms with E-state index in [1.54, 1.807) is 0 Å². The average Bonchev–Trinajstić information content (AvgIpc) is 2.29. The Balaban J connectivity index is 4.15. The van der Waals surface area contributed by atoms with E-state index in [0.29, 0.717) is 0 Å². The van der Waals surface area contributed by atoms with Gasteiger partial charge >= 0.3 is 9.45 Å². The predicted molar refractivity (Wildman–Crippen MR) is 71.8 cm³/mol. The highest BCUT2D eigenvalue weighted by Crippen LogP contribution is 2.05. The summed E-state index contributed by atoms with van der Waals surface area (Å²) in [7, 11) is -1.58. The third-order valence-corrected chi connectivity index (χ3v) is 4.86. The van der Waals surface area contributed by atoms with E-state index >= 15 is 0 Å². The Bertz CT molecular complexity index is 133. The van der Waals surface area contributed by atoms with Gasteiger partial charge < -0.3 is 8.85 Å². The molecule has 0 aromatic heterocycles. The van der Waals surface area contributed by atoms with Crippen LogP contribution in [0.4, 0.5) is 0 Å². The largest absolute Gasteiger partial charge is 0.411 e. The summed E-state index contributed by atoms with van der Waals surface area (Å²) < 4.78 is 14.0. The van der Waals surface area contributed by atoms with Gasteiger partial charge in [-0.3, -0.25) is 4.57 Å². The summed E-state index contributed by atoms with van der Waals surface area (Å²) in [4.78, 5) is 0. The van der Waals surface area contributed by atoms with Crippen molar-refractivity contribution in [2.45, 2.75) is 53.4 Å². The van der Waals surface area contributed by atoms with Crippen LogP contribution < -0.4 is 0 Å². The molecule has 0 amide bonds. The van der Waals surface area contributed by atoms with Gasteiger partial charge in [-0.05, 0) is 39.8 Å². The smallest absolute Gasteiger partial charge is 0.385 e. The molecule has 0 unspecified atom stereocenters. The molecule has 0 aromatic carbocycles. The number of hydrogen-bond acceptors (Lipinski definition) is 3. The first-order valence-corrected chi connectivity index (χ1v) is 8.23. The van der Waals surface area contributed by atoms with Crippen molar-refractivity contribution in [3.8, 4) is 0 Å². The maximum absolute atomic E-state index is 5.78. The van der Waals surface area contributed by atoms with Crippen molar-refractivity contribution in [3.63, 3.8) is 0 Å². The minimum Gasteiger partial charge on any atom is -0.385 e. The first-order valence-electron chi connectivity index (χ1n) is 6.77. The van der Waals surface area contributed by atoms with Crippen LogP contribution in [0, 0.1) is 0 Å². The van der Waals surface area contributed by atoms with Gasteiger partial charge in [-0.15, -0.1) is 0 Å².